The molecule has 26 heavy (non-hydrogen) atoms. The van der Waals surface area contributed by atoms with Gasteiger partial charge in [0.05, 0.1) is 12.2 Å². The maximum Gasteiger partial charge on any atom is 0.222 e. The Morgan fingerprint density at radius 1 is 1.19 bits per heavy atom. The molecule has 0 N–H and O–H groups in total. The number of hydrogen-bond donors (Lipinski definition) is 0. The van der Waals surface area contributed by atoms with Crippen LogP contribution in [0.3, 0.4) is 0 Å². The van der Waals surface area contributed by atoms with E-state index < -0.39 is 0 Å². The van der Waals surface area contributed by atoms with E-state index in [1.165, 1.54) is 5.56 Å². The molecule has 2 heterocycles. The molecule has 0 fully saturated rings. The lowest BCUT2D eigenvalue weighted by molar-refractivity contribution is -0.132. The van der Waals surface area contributed by atoms with Crippen LogP contribution in [0.1, 0.15) is 37.9 Å². The Balaban J connectivity index is 1.90. The lowest BCUT2D eigenvalue weighted by atomic mass is 10.0. The molecule has 0 spiro atoms. The van der Waals surface area contributed by atoms with Gasteiger partial charge in [0, 0.05) is 38.2 Å². The minimum absolute atomic E-state index is 0.232. The van der Waals surface area contributed by atoms with Crippen molar-refractivity contribution in [2.75, 3.05) is 25.5 Å². The van der Waals surface area contributed by atoms with Crippen molar-refractivity contribution < 1.29 is 4.79 Å². The number of benzene rings is 1. The molecule has 1 aromatic carbocycles. The smallest absolute Gasteiger partial charge is 0.222 e. The fourth-order valence-electron chi connectivity index (χ4n) is 3.28. The minimum atomic E-state index is 0.232. The molecular formula is C21H28N4O. The predicted molar refractivity (Wildman–Crippen MR) is 105 cm³/mol. The van der Waals surface area contributed by atoms with Crippen LogP contribution in [0.25, 0.3) is 11.4 Å². The summed E-state index contributed by atoms with van der Waals surface area (Å²) < 4.78 is 0. The molecule has 0 aliphatic carbocycles. The maximum absolute atomic E-state index is 12.6. The zero-order valence-electron chi connectivity index (χ0n) is 16.2. The van der Waals surface area contributed by atoms with Gasteiger partial charge in [0.25, 0.3) is 0 Å². The third kappa shape index (κ3) is 4.03. The highest BCUT2D eigenvalue weighted by Crippen LogP contribution is 2.29. The van der Waals surface area contributed by atoms with Crippen LogP contribution in [0.2, 0.25) is 0 Å². The number of hydrogen-bond acceptors (Lipinski definition) is 4. The molecule has 1 aliphatic rings. The SMILES string of the molecule is CC(C)CCC(=O)N1CCc2c(nc(-c3ccccc3)nc2N(C)C)C1. The Morgan fingerprint density at radius 2 is 1.92 bits per heavy atom. The highest BCUT2D eigenvalue weighted by molar-refractivity contribution is 5.76. The standard InChI is InChI=1S/C21H28N4O/c1-15(2)10-11-19(26)25-13-12-17-18(14-25)22-20(23-21(17)24(3)4)16-8-6-5-7-9-16/h5-9,15H,10-14H2,1-4H3. The molecule has 0 saturated heterocycles. The van der Waals surface area contributed by atoms with E-state index in [1.54, 1.807) is 0 Å². The molecular weight excluding hydrogens is 324 g/mol. The number of anilines is 1. The Bertz CT molecular complexity index is 771. The van der Waals surface area contributed by atoms with E-state index in [-0.39, 0.29) is 5.91 Å². The van der Waals surface area contributed by atoms with Crippen molar-refractivity contribution in [1.82, 2.24) is 14.9 Å². The molecule has 0 atom stereocenters. The van der Waals surface area contributed by atoms with Gasteiger partial charge in [0.15, 0.2) is 5.82 Å². The summed E-state index contributed by atoms with van der Waals surface area (Å²) in [7, 11) is 4.02. The largest absolute Gasteiger partial charge is 0.362 e. The molecule has 0 bridgehead atoms. The summed E-state index contributed by atoms with van der Waals surface area (Å²) in [4.78, 5) is 26.2. The lowest BCUT2D eigenvalue weighted by Gasteiger charge is -2.31. The summed E-state index contributed by atoms with van der Waals surface area (Å²) in [6.45, 7) is 5.64. The van der Waals surface area contributed by atoms with Crippen molar-refractivity contribution in [1.29, 1.82) is 0 Å². The van der Waals surface area contributed by atoms with Crippen molar-refractivity contribution in [2.24, 2.45) is 5.92 Å². The van der Waals surface area contributed by atoms with Crippen LogP contribution in [-0.4, -0.2) is 41.4 Å². The van der Waals surface area contributed by atoms with Crippen molar-refractivity contribution in [3.8, 4) is 11.4 Å². The fraction of sp³-hybridized carbons (Fsp3) is 0.476. The van der Waals surface area contributed by atoms with Crippen LogP contribution >= 0.6 is 0 Å². The van der Waals surface area contributed by atoms with Gasteiger partial charge in [-0.15, -0.1) is 0 Å². The van der Waals surface area contributed by atoms with Crippen LogP contribution in [0.15, 0.2) is 30.3 Å². The van der Waals surface area contributed by atoms with Crippen LogP contribution < -0.4 is 4.90 Å². The van der Waals surface area contributed by atoms with Gasteiger partial charge in [0.2, 0.25) is 5.91 Å². The van der Waals surface area contributed by atoms with Gasteiger partial charge < -0.3 is 9.80 Å². The van der Waals surface area contributed by atoms with Crippen molar-refractivity contribution in [2.45, 2.75) is 39.7 Å². The molecule has 0 saturated carbocycles. The summed E-state index contributed by atoms with van der Waals surface area (Å²) in [5, 5.41) is 0. The zero-order chi connectivity index (χ0) is 18.7. The van der Waals surface area contributed by atoms with Gasteiger partial charge >= 0.3 is 0 Å². The first-order valence-corrected chi connectivity index (χ1v) is 9.36. The molecule has 138 valence electrons. The van der Waals surface area contributed by atoms with Gasteiger partial charge in [-0.25, -0.2) is 9.97 Å². The van der Waals surface area contributed by atoms with Crippen molar-refractivity contribution >= 4 is 11.7 Å². The summed E-state index contributed by atoms with van der Waals surface area (Å²) in [6.07, 6.45) is 2.36. The maximum atomic E-state index is 12.6. The molecule has 0 unspecified atom stereocenters. The van der Waals surface area contributed by atoms with E-state index in [1.807, 2.05) is 54.2 Å². The first kappa shape index (κ1) is 18.4. The van der Waals surface area contributed by atoms with Crippen LogP contribution in [-0.2, 0) is 17.8 Å². The Morgan fingerprint density at radius 3 is 2.58 bits per heavy atom. The molecule has 3 rings (SSSR count). The summed E-state index contributed by atoms with van der Waals surface area (Å²) in [5.74, 6) is 2.46. The van der Waals surface area contributed by atoms with Crippen molar-refractivity contribution in [3.05, 3.63) is 41.6 Å². The predicted octanol–water partition coefficient (Wildman–Crippen LogP) is 3.53. The molecule has 1 aliphatic heterocycles. The zero-order valence-corrected chi connectivity index (χ0v) is 16.2. The monoisotopic (exact) mass is 352 g/mol. The number of fused-ring (bicyclic) bond motifs is 1. The van der Waals surface area contributed by atoms with E-state index in [2.05, 4.69) is 13.8 Å². The van der Waals surface area contributed by atoms with Gasteiger partial charge in [-0.05, 0) is 18.8 Å². The van der Waals surface area contributed by atoms with Gasteiger partial charge in [-0.1, -0.05) is 44.2 Å². The first-order chi connectivity index (χ1) is 12.5. The minimum Gasteiger partial charge on any atom is -0.362 e. The Labute approximate surface area is 156 Å². The molecule has 1 aromatic heterocycles. The number of carbonyl (C=O) groups is 1. The average Bonchev–Trinajstić information content (AvgIpc) is 2.65. The van der Waals surface area contributed by atoms with Gasteiger partial charge in [-0.2, -0.15) is 0 Å². The highest BCUT2D eigenvalue weighted by atomic mass is 16.2. The van der Waals surface area contributed by atoms with Gasteiger partial charge in [0.1, 0.15) is 5.82 Å². The van der Waals surface area contributed by atoms with Crippen LogP contribution in [0.4, 0.5) is 5.82 Å². The van der Waals surface area contributed by atoms with Crippen molar-refractivity contribution in [3.63, 3.8) is 0 Å². The fourth-order valence-corrected chi connectivity index (χ4v) is 3.28. The first-order valence-electron chi connectivity index (χ1n) is 9.36. The van der Waals surface area contributed by atoms with Gasteiger partial charge in [-0.3, -0.25) is 4.79 Å². The molecule has 2 aromatic rings. The van der Waals surface area contributed by atoms with E-state index >= 15 is 0 Å². The van der Waals surface area contributed by atoms with Crippen LogP contribution in [0.5, 0.6) is 0 Å². The number of nitrogens with zero attached hydrogens (tertiary/aromatic N) is 4. The van der Waals surface area contributed by atoms with E-state index in [0.29, 0.717) is 18.9 Å². The van der Waals surface area contributed by atoms with E-state index in [9.17, 15) is 4.79 Å². The second-order valence-corrected chi connectivity index (χ2v) is 7.55. The molecule has 1 amide bonds. The quantitative estimate of drug-likeness (QED) is 0.826. The number of aromatic nitrogens is 2. The molecule has 5 nitrogen and oxygen atoms in total. The summed E-state index contributed by atoms with van der Waals surface area (Å²) in [5.41, 5.74) is 3.15. The topological polar surface area (TPSA) is 49.3 Å². The third-order valence-electron chi connectivity index (χ3n) is 4.79. The second-order valence-electron chi connectivity index (χ2n) is 7.55. The van der Waals surface area contributed by atoms with E-state index in [4.69, 9.17) is 9.97 Å². The molecule has 5 heteroatoms. The Hall–Kier alpha value is -2.43. The van der Waals surface area contributed by atoms with Crippen LogP contribution in [0, 0.1) is 5.92 Å². The average molecular weight is 352 g/mol. The normalized spacial score (nSPS) is 13.7. The number of carbonyl (C=O) groups excluding carboxylic acids is 1. The molecule has 0 radical (unpaired) electrons. The number of amides is 1. The number of rotatable bonds is 5. The highest BCUT2D eigenvalue weighted by Gasteiger charge is 2.26. The second kappa shape index (κ2) is 7.85. The lowest BCUT2D eigenvalue weighted by Crippen LogP contribution is -2.37. The summed E-state index contributed by atoms with van der Waals surface area (Å²) in [6, 6.07) is 10.0. The van der Waals surface area contributed by atoms with E-state index in [0.717, 1.165) is 42.3 Å². The third-order valence-corrected chi connectivity index (χ3v) is 4.79. The summed E-state index contributed by atoms with van der Waals surface area (Å²) >= 11 is 0. The Kier molecular flexibility index (Phi) is 5.55.